The smallest absolute Gasteiger partial charge is 0.248 e. The Balaban J connectivity index is 1.87. The van der Waals surface area contributed by atoms with Crippen LogP contribution >= 0.6 is 0 Å². The third kappa shape index (κ3) is 11.4. The third-order valence-electron chi connectivity index (χ3n) is 10.7. The molecule has 1 aromatic heterocycles. The van der Waals surface area contributed by atoms with E-state index in [2.05, 4.69) is 36.9 Å². The number of carbonyl (C=O) groups excluding carboxylic acids is 7. The van der Waals surface area contributed by atoms with Crippen molar-refractivity contribution in [1.29, 1.82) is 0 Å². The molecule has 0 radical (unpaired) electrons. The van der Waals surface area contributed by atoms with Crippen molar-refractivity contribution < 1.29 is 72.6 Å². The Bertz CT molecular complexity index is 2140. The standard InChI is InChI=1S/C38H56N8O15S/c1-16(2)26-33(55)45-27(18(4)49)34(56)42-24(14-47)37(58)46-13-25(50)29(51)28(46)35(57)39-17(3)30(52)40-22(31(53)41-23(32(54)44-26)12-38(5,59)15-48)11-20-19-9-7-8-10-21(19)43-36(20)62(6,60)61/h7-10,16-18,22-29,43,47-51,59H,11-15H2,1-6H3,(H,39,57)(H,40,52)(H,41,53)(H,42,56)(H,44,54)(H,45,55). The van der Waals surface area contributed by atoms with Crippen molar-refractivity contribution in [3.63, 3.8) is 0 Å². The molecule has 23 nitrogen and oxygen atoms in total. The summed E-state index contributed by atoms with van der Waals surface area (Å²) < 4.78 is 26.0. The molecule has 2 aliphatic heterocycles. The van der Waals surface area contributed by atoms with Gasteiger partial charge >= 0.3 is 0 Å². The van der Waals surface area contributed by atoms with E-state index in [1.165, 1.54) is 13.8 Å². The van der Waals surface area contributed by atoms with E-state index in [0.29, 0.717) is 15.8 Å². The summed E-state index contributed by atoms with van der Waals surface area (Å²) in [6, 6.07) is -5.94. The Labute approximate surface area is 356 Å². The maximum atomic E-state index is 14.4. The van der Waals surface area contributed by atoms with Gasteiger partial charge in [-0.3, -0.25) is 33.6 Å². The highest BCUT2D eigenvalue weighted by Crippen LogP contribution is 2.28. The second-order valence-corrected chi connectivity index (χ2v) is 18.3. The number of H-pyrrole nitrogens is 1. The molecule has 0 bridgehead atoms. The van der Waals surface area contributed by atoms with Gasteiger partial charge in [0.25, 0.3) is 0 Å². The molecular weight excluding hydrogens is 841 g/mol. The maximum Gasteiger partial charge on any atom is 0.248 e. The quantitative estimate of drug-likeness (QED) is 0.112. The molecule has 13 N–H and O–H groups in total. The van der Waals surface area contributed by atoms with Crippen LogP contribution in [0, 0.1) is 5.92 Å². The Morgan fingerprint density at radius 1 is 0.790 bits per heavy atom. The summed E-state index contributed by atoms with van der Waals surface area (Å²) in [6.45, 7) is 3.71. The minimum absolute atomic E-state index is 0.0390. The first kappa shape index (κ1) is 49.4. The molecule has 7 amide bonds. The van der Waals surface area contributed by atoms with E-state index >= 15 is 0 Å². The van der Waals surface area contributed by atoms with Gasteiger partial charge in [0, 0.05) is 30.0 Å². The molecule has 0 spiro atoms. The minimum atomic E-state index is -4.03. The van der Waals surface area contributed by atoms with Crippen LogP contribution in [0.4, 0.5) is 0 Å². The van der Waals surface area contributed by atoms with Crippen LogP contribution in [0.5, 0.6) is 0 Å². The summed E-state index contributed by atoms with van der Waals surface area (Å²) in [5.74, 6) is -8.75. The summed E-state index contributed by atoms with van der Waals surface area (Å²) in [6.07, 6.45) is -5.68. The van der Waals surface area contributed by atoms with Crippen molar-refractivity contribution in [3.05, 3.63) is 29.8 Å². The second kappa shape index (κ2) is 19.9. The van der Waals surface area contributed by atoms with Gasteiger partial charge in [-0.1, -0.05) is 32.0 Å². The zero-order valence-corrected chi connectivity index (χ0v) is 35.7. The third-order valence-corrected chi connectivity index (χ3v) is 11.7. The zero-order valence-electron chi connectivity index (χ0n) is 34.9. The number of aromatic nitrogens is 1. The van der Waals surface area contributed by atoms with Gasteiger partial charge < -0.3 is 72.4 Å². The molecule has 344 valence electrons. The van der Waals surface area contributed by atoms with E-state index in [1.807, 2.05) is 0 Å². The average Bonchev–Trinajstić information content (AvgIpc) is 3.72. The van der Waals surface area contributed by atoms with E-state index < -0.39 is 156 Å². The van der Waals surface area contributed by atoms with E-state index in [-0.39, 0.29) is 10.6 Å². The van der Waals surface area contributed by atoms with Crippen molar-refractivity contribution in [2.24, 2.45) is 5.92 Å². The van der Waals surface area contributed by atoms with E-state index in [9.17, 15) is 72.6 Å². The molecule has 62 heavy (non-hydrogen) atoms. The Hall–Kier alpha value is -5.24. The molecule has 0 saturated carbocycles. The highest BCUT2D eigenvalue weighted by molar-refractivity contribution is 7.90. The summed E-state index contributed by atoms with van der Waals surface area (Å²) in [4.78, 5) is 100. The van der Waals surface area contributed by atoms with Crippen LogP contribution in [0.25, 0.3) is 10.9 Å². The highest BCUT2D eigenvalue weighted by atomic mass is 32.2. The number of aliphatic hydroxyl groups is 6. The van der Waals surface area contributed by atoms with Gasteiger partial charge in [0.05, 0.1) is 37.6 Å². The van der Waals surface area contributed by atoms with Crippen molar-refractivity contribution in [2.45, 2.75) is 119 Å². The number of aromatic amines is 1. The molecule has 0 aliphatic carbocycles. The van der Waals surface area contributed by atoms with Gasteiger partial charge in [-0.25, -0.2) is 8.42 Å². The minimum Gasteiger partial charge on any atom is -0.394 e. The van der Waals surface area contributed by atoms with Crippen molar-refractivity contribution >= 4 is 62.1 Å². The Kier molecular flexibility index (Phi) is 15.8. The molecule has 11 unspecified atom stereocenters. The number of para-hydroxylation sites is 1. The topological polar surface area (TPSA) is 366 Å². The molecule has 3 heterocycles. The van der Waals surface area contributed by atoms with Crippen LogP contribution in [0.3, 0.4) is 0 Å². The Morgan fingerprint density at radius 2 is 1.35 bits per heavy atom. The summed E-state index contributed by atoms with van der Waals surface area (Å²) in [5.41, 5.74) is -1.66. The average molecular weight is 897 g/mol. The van der Waals surface area contributed by atoms with Gasteiger partial charge in [0.15, 0.2) is 9.84 Å². The molecule has 11 atom stereocenters. The molecule has 24 heteroatoms. The van der Waals surface area contributed by atoms with Gasteiger partial charge in [0.1, 0.15) is 53.4 Å². The number of rotatable bonds is 9. The van der Waals surface area contributed by atoms with Gasteiger partial charge in [-0.2, -0.15) is 0 Å². The number of fused-ring (bicyclic) bond motifs is 2. The lowest BCUT2D eigenvalue weighted by Crippen LogP contribution is -2.63. The number of aliphatic hydroxyl groups excluding tert-OH is 5. The first-order valence-electron chi connectivity index (χ1n) is 19.7. The molecule has 1 aromatic carbocycles. The maximum absolute atomic E-state index is 14.4. The fourth-order valence-corrected chi connectivity index (χ4v) is 8.12. The highest BCUT2D eigenvalue weighted by Gasteiger charge is 2.49. The van der Waals surface area contributed by atoms with E-state index in [1.54, 1.807) is 24.3 Å². The number of sulfone groups is 1. The first-order valence-corrected chi connectivity index (χ1v) is 21.6. The molecule has 2 fully saturated rings. The fourth-order valence-electron chi connectivity index (χ4n) is 7.18. The number of hydrogen-bond donors (Lipinski definition) is 13. The second-order valence-electron chi connectivity index (χ2n) is 16.4. The molecular formula is C38H56N8O15S. The van der Waals surface area contributed by atoms with Gasteiger partial charge in [-0.15, -0.1) is 0 Å². The molecule has 2 aromatic rings. The number of hydrogen-bond acceptors (Lipinski definition) is 15. The predicted molar refractivity (Wildman–Crippen MR) is 216 cm³/mol. The van der Waals surface area contributed by atoms with Crippen LogP contribution in [0.1, 0.15) is 46.6 Å². The van der Waals surface area contributed by atoms with Crippen molar-refractivity contribution in [1.82, 2.24) is 41.8 Å². The predicted octanol–water partition coefficient (Wildman–Crippen LogP) is -5.85. The lowest BCUT2D eigenvalue weighted by Gasteiger charge is -2.31. The van der Waals surface area contributed by atoms with E-state index in [4.69, 9.17) is 0 Å². The summed E-state index contributed by atoms with van der Waals surface area (Å²) >= 11 is 0. The molecule has 2 aliphatic rings. The zero-order chi connectivity index (χ0) is 46.6. The lowest BCUT2D eigenvalue weighted by molar-refractivity contribution is -0.145. The number of carbonyl (C=O) groups is 7. The largest absolute Gasteiger partial charge is 0.394 e. The number of benzene rings is 1. The summed E-state index contributed by atoms with van der Waals surface area (Å²) in [7, 11) is -4.03. The first-order chi connectivity index (χ1) is 28.8. The van der Waals surface area contributed by atoms with Crippen LogP contribution in [0.2, 0.25) is 0 Å². The van der Waals surface area contributed by atoms with E-state index in [0.717, 1.165) is 27.0 Å². The SMILES string of the molecule is CC1NC(=O)C2C(O)C(O)CN2C(=O)C(CO)NC(=O)C(C(C)O)NC(=O)C(C(C)C)NC(=O)C(CC(C)(O)CO)NC(=O)C(Cc2c(S(C)(=O)=O)[nH]c3ccccc23)NC1=O. The van der Waals surface area contributed by atoms with Gasteiger partial charge in [0.2, 0.25) is 41.4 Å². The van der Waals surface area contributed by atoms with Crippen LogP contribution < -0.4 is 31.9 Å². The number of nitrogens with one attached hydrogen (secondary N) is 7. The van der Waals surface area contributed by atoms with Crippen LogP contribution in [-0.4, -0.2) is 183 Å². The van der Waals surface area contributed by atoms with Crippen molar-refractivity contribution in [3.8, 4) is 0 Å². The lowest BCUT2D eigenvalue weighted by atomic mass is 9.95. The molecule has 4 rings (SSSR count). The molecule has 2 saturated heterocycles. The monoisotopic (exact) mass is 896 g/mol. The normalized spacial score (nSPS) is 29.3. The Morgan fingerprint density at radius 3 is 1.94 bits per heavy atom. The van der Waals surface area contributed by atoms with Gasteiger partial charge in [-0.05, 0) is 38.3 Å². The van der Waals surface area contributed by atoms with Crippen molar-refractivity contribution in [2.75, 3.05) is 26.0 Å². The number of amides is 7. The number of nitrogens with zero attached hydrogens (tertiary/aromatic N) is 1. The summed E-state index contributed by atoms with van der Waals surface area (Å²) in [5, 5.41) is 77.0. The van der Waals surface area contributed by atoms with Crippen LogP contribution in [-0.2, 0) is 49.8 Å². The fraction of sp³-hybridized carbons (Fsp3) is 0.605. The van der Waals surface area contributed by atoms with Crippen LogP contribution in [0.15, 0.2) is 29.3 Å².